The summed E-state index contributed by atoms with van der Waals surface area (Å²) in [5.41, 5.74) is 10.4. The van der Waals surface area contributed by atoms with Gasteiger partial charge in [0, 0.05) is 42.3 Å². The first-order valence-electron chi connectivity index (χ1n) is 14.4. The van der Waals surface area contributed by atoms with Crippen molar-refractivity contribution in [2.75, 3.05) is 21.7 Å². The van der Waals surface area contributed by atoms with Gasteiger partial charge < -0.3 is 15.3 Å². The zero-order valence-corrected chi connectivity index (χ0v) is 23.9. The molecule has 8 rings (SSSR count). The number of carbonyl (C=O) groups excluding carboxylic acids is 2. The number of nitrogens with one attached hydrogen (secondary N) is 1. The van der Waals surface area contributed by atoms with Crippen molar-refractivity contribution >= 4 is 40.8 Å². The van der Waals surface area contributed by atoms with Crippen LogP contribution in [0.15, 0.2) is 77.8 Å². The van der Waals surface area contributed by atoms with E-state index in [4.69, 9.17) is 0 Å². The Morgan fingerprint density at radius 2 is 1.38 bits per heavy atom. The van der Waals surface area contributed by atoms with Crippen molar-refractivity contribution in [2.45, 2.75) is 45.7 Å². The highest BCUT2D eigenvalue weighted by atomic mass is 16.3. The number of fused-ring (bicyclic) bond motifs is 8. The fourth-order valence-electron chi connectivity index (χ4n) is 6.45. The van der Waals surface area contributed by atoms with Gasteiger partial charge in [-0.05, 0) is 85.3 Å². The van der Waals surface area contributed by atoms with Gasteiger partial charge in [-0.25, -0.2) is 0 Å². The van der Waals surface area contributed by atoms with E-state index in [0.29, 0.717) is 16.8 Å². The normalized spacial score (nSPS) is 19.2. The van der Waals surface area contributed by atoms with Crippen LogP contribution in [0.3, 0.4) is 0 Å². The largest absolute Gasteiger partial charge is 0.508 e. The molecule has 4 aromatic carbocycles. The molecule has 7 nitrogen and oxygen atoms in total. The number of phenolic OH excluding ortho intramolecular Hbond substituents is 1. The van der Waals surface area contributed by atoms with Gasteiger partial charge >= 0.3 is 0 Å². The lowest BCUT2D eigenvalue weighted by atomic mass is 10.0. The Balaban J connectivity index is 0.000000137. The highest BCUT2D eigenvalue weighted by Gasteiger charge is 2.38. The number of hydrogen-bond donors (Lipinski definition) is 2. The van der Waals surface area contributed by atoms with Gasteiger partial charge in [0.25, 0.3) is 11.8 Å². The lowest BCUT2D eigenvalue weighted by Gasteiger charge is -2.22. The second kappa shape index (κ2) is 9.87. The Morgan fingerprint density at radius 1 is 0.762 bits per heavy atom. The number of hydrogen-bond acceptors (Lipinski definition) is 5. The number of aryl methyl sites for hydroxylation is 3. The summed E-state index contributed by atoms with van der Waals surface area (Å²) < 4.78 is 0. The minimum absolute atomic E-state index is 0.0512. The van der Waals surface area contributed by atoms with Gasteiger partial charge in [0.15, 0.2) is 0 Å². The summed E-state index contributed by atoms with van der Waals surface area (Å²) in [7, 11) is 0. The van der Waals surface area contributed by atoms with Crippen LogP contribution in [0.25, 0.3) is 0 Å². The Hall–Kier alpha value is -4.91. The molecule has 2 atom stereocenters. The number of benzene rings is 4. The van der Waals surface area contributed by atoms with Crippen LogP contribution in [0.1, 0.15) is 48.5 Å². The number of para-hydroxylation sites is 2. The summed E-state index contributed by atoms with van der Waals surface area (Å²) in [4.78, 5) is 34.1. The molecule has 0 aliphatic carbocycles. The SMILES string of the molecule is Cc1cc2c(cc1C)C(=O)N1c3ccccc3C[C@H]1CN2.Cc1cc2c(cc1O)N=C[C@@H]1Cc3ccccc3N1C2=O. The maximum absolute atomic E-state index is 13.0. The average Bonchev–Trinajstić information content (AvgIpc) is 3.48. The maximum Gasteiger partial charge on any atom is 0.261 e. The van der Waals surface area contributed by atoms with Gasteiger partial charge in [-0.1, -0.05) is 36.4 Å². The molecule has 4 aliphatic heterocycles. The highest BCUT2D eigenvalue weighted by Crippen LogP contribution is 2.39. The Labute approximate surface area is 245 Å². The number of nitrogens with zero attached hydrogens (tertiary/aromatic N) is 3. The molecule has 4 aromatic rings. The molecule has 4 aliphatic rings. The van der Waals surface area contributed by atoms with E-state index in [-0.39, 0.29) is 29.6 Å². The maximum atomic E-state index is 13.0. The Kier molecular flexibility index (Phi) is 6.12. The molecule has 0 aromatic heterocycles. The highest BCUT2D eigenvalue weighted by molar-refractivity contribution is 6.15. The topological polar surface area (TPSA) is 85.2 Å². The number of aromatic hydroxyl groups is 1. The minimum Gasteiger partial charge on any atom is -0.508 e. The van der Waals surface area contributed by atoms with E-state index < -0.39 is 0 Å². The predicted molar refractivity (Wildman–Crippen MR) is 167 cm³/mol. The van der Waals surface area contributed by atoms with Crippen molar-refractivity contribution in [3.8, 4) is 5.75 Å². The third-order valence-electron chi connectivity index (χ3n) is 8.84. The molecule has 0 saturated heterocycles. The summed E-state index contributed by atoms with van der Waals surface area (Å²) in [6, 6.07) is 23.7. The summed E-state index contributed by atoms with van der Waals surface area (Å²) in [5.74, 6) is 0.231. The van der Waals surface area contributed by atoms with Gasteiger partial charge in [0.2, 0.25) is 0 Å². The molecular weight excluding hydrogens is 524 g/mol. The first-order valence-corrected chi connectivity index (χ1v) is 14.4. The molecule has 2 N–H and O–H groups in total. The van der Waals surface area contributed by atoms with Crippen molar-refractivity contribution in [3.05, 3.63) is 112 Å². The molecule has 0 saturated carbocycles. The van der Waals surface area contributed by atoms with Gasteiger partial charge in [-0.2, -0.15) is 0 Å². The molecular formula is C35H32N4O3. The average molecular weight is 557 g/mol. The van der Waals surface area contributed by atoms with Crippen LogP contribution >= 0.6 is 0 Å². The van der Waals surface area contributed by atoms with Crippen molar-refractivity contribution in [1.82, 2.24) is 0 Å². The molecule has 210 valence electrons. The first-order chi connectivity index (χ1) is 20.3. The summed E-state index contributed by atoms with van der Waals surface area (Å²) >= 11 is 0. The van der Waals surface area contributed by atoms with Crippen molar-refractivity contribution in [3.63, 3.8) is 0 Å². The smallest absolute Gasteiger partial charge is 0.261 e. The van der Waals surface area contributed by atoms with E-state index in [2.05, 4.69) is 42.4 Å². The number of aliphatic imine (C=N–C) groups is 1. The first kappa shape index (κ1) is 26.0. The zero-order valence-electron chi connectivity index (χ0n) is 23.9. The van der Waals surface area contributed by atoms with Crippen molar-refractivity contribution in [1.29, 1.82) is 0 Å². The van der Waals surface area contributed by atoms with Crippen molar-refractivity contribution in [2.24, 2.45) is 4.99 Å². The van der Waals surface area contributed by atoms with Gasteiger partial charge in [-0.15, -0.1) is 0 Å². The lowest BCUT2D eigenvalue weighted by Crippen LogP contribution is -2.39. The summed E-state index contributed by atoms with van der Waals surface area (Å²) in [5, 5.41) is 13.3. The van der Waals surface area contributed by atoms with E-state index in [9.17, 15) is 14.7 Å². The molecule has 0 spiro atoms. The number of anilines is 3. The quantitative estimate of drug-likeness (QED) is 0.267. The van der Waals surface area contributed by atoms with Gasteiger partial charge in [0.1, 0.15) is 5.75 Å². The second-order valence-electron chi connectivity index (χ2n) is 11.5. The molecule has 4 heterocycles. The standard InChI is InChI=1S/C18H18N2O.C17H14N2O2/c1-11-7-15-16(8-12(11)2)19-10-14-9-13-5-3-4-6-17(13)20(14)18(15)21;1-10-6-13-14(8-16(10)20)18-9-12-7-11-4-2-3-5-15(11)19(12)17(13)21/h3-8,14,19H,9-10H2,1-2H3;2-6,8-9,12,20H,7H2,1H3/t14-;12-/m00/s1. The molecule has 0 fully saturated rings. The molecule has 0 unspecified atom stereocenters. The Morgan fingerprint density at radius 3 is 2.14 bits per heavy atom. The van der Waals surface area contributed by atoms with Crippen molar-refractivity contribution < 1.29 is 14.7 Å². The minimum atomic E-state index is -0.0550. The van der Waals surface area contributed by atoms with Crippen LogP contribution in [0, 0.1) is 20.8 Å². The van der Waals surface area contributed by atoms with Crippen LogP contribution < -0.4 is 15.1 Å². The number of phenols is 1. The molecule has 0 radical (unpaired) electrons. The number of carbonyl (C=O) groups is 2. The summed E-state index contributed by atoms with van der Waals surface area (Å²) in [6.45, 7) is 6.73. The van der Waals surface area contributed by atoms with E-state index in [0.717, 1.165) is 47.6 Å². The van der Waals surface area contributed by atoms with Crippen LogP contribution in [0.2, 0.25) is 0 Å². The zero-order chi connectivity index (χ0) is 29.1. The van der Waals surface area contributed by atoms with Crippen LogP contribution in [0.4, 0.5) is 22.7 Å². The molecule has 42 heavy (non-hydrogen) atoms. The van der Waals surface area contributed by atoms with Crippen LogP contribution in [-0.4, -0.2) is 41.8 Å². The van der Waals surface area contributed by atoms with Gasteiger partial charge in [-0.3, -0.25) is 19.5 Å². The van der Waals surface area contributed by atoms with E-state index in [1.165, 1.54) is 16.7 Å². The lowest BCUT2D eigenvalue weighted by molar-refractivity contribution is 0.0977. The fraction of sp³-hybridized carbons (Fsp3) is 0.229. The molecule has 7 heteroatoms. The number of amides is 2. The third-order valence-corrected chi connectivity index (χ3v) is 8.84. The van der Waals surface area contributed by atoms with Gasteiger partial charge in [0.05, 0.1) is 28.9 Å². The molecule has 2 amide bonds. The van der Waals surface area contributed by atoms with E-state index >= 15 is 0 Å². The van der Waals surface area contributed by atoms with Crippen LogP contribution in [0.5, 0.6) is 5.75 Å². The molecule has 0 bridgehead atoms. The third kappa shape index (κ3) is 4.15. The number of rotatable bonds is 0. The fourth-order valence-corrected chi connectivity index (χ4v) is 6.45. The predicted octanol–water partition coefficient (Wildman–Crippen LogP) is 6.29. The monoisotopic (exact) mass is 556 g/mol. The Bertz CT molecular complexity index is 1810. The second-order valence-corrected chi connectivity index (χ2v) is 11.5. The summed E-state index contributed by atoms with van der Waals surface area (Å²) in [6.07, 6.45) is 3.52. The van der Waals surface area contributed by atoms with E-state index in [1.54, 1.807) is 30.2 Å². The van der Waals surface area contributed by atoms with E-state index in [1.807, 2.05) is 47.4 Å². The van der Waals surface area contributed by atoms with Crippen LogP contribution in [-0.2, 0) is 12.8 Å².